The second-order valence-electron chi connectivity index (χ2n) is 4.54. The van der Waals surface area contributed by atoms with Crippen LogP contribution in [0.1, 0.15) is 29.9 Å². The Morgan fingerprint density at radius 1 is 1.37 bits per heavy atom. The summed E-state index contributed by atoms with van der Waals surface area (Å²) in [6.45, 7) is 4.77. The van der Waals surface area contributed by atoms with E-state index in [1.807, 2.05) is 26.0 Å². The minimum Gasteiger partial charge on any atom is -0.469 e. The van der Waals surface area contributed by atoms with E-state index in [1.165, 1.54) is 6.07 Å². The number of aryl methyl sites for hydroxylation is 1. The molecule has 0 aliphatic rings. The second-order valence-corrected chi connectivity index (χ2v) is 5.46. The Kier molecular flexibility index (Phi) is 4.77. The smallest absolute Gasteiger partial charge is 0.126 e. The Labute approximate surface area is 121 Å². The molecule has 2 nitrogen and oxygen atoms in total. The number of hydrogen-bond donors (Lipinski definition) is 1. The zero-order valence-electron chi connectivity index (χ0n) is 11.0. The van der Waals surface area contributed by atoms with Gasteiger partial charge in [0.1, 0.15) is 11.6 Å². The molecule has 1 atom stereocenters. The Morgan fingerprint density at radius 2 is 2.16 bits per heavy atom. The van der Waals surface area contributed by atoms with Crippen LogP contribution < -0.4 is 5.32 Å². The van der Waals surface area contributed by atoms with Crippen LogP contribution in [0.15, 0.2) is 39.4 Å². The summed E-state index contributed by atoms with van der Waals surface area (Å²) in [5.74, 6) is 0.693. The average Bonchev–Trinajstić information content (AvgIpc) is 2.80. The van der Waals surface area contributed by atoms with Crippen LogP contribution in [-0.4, -0.2) is 6.54 Å². The van der Waals surface area contributed by atoms with Gasteiger partial charge in [0.15, 0.2) is 0 Å². The van der Waals surface area contributed by atoms with Crippen molar-refractivity contribution in [3.63, 3.8) is 0 Å². The standard InChI is InChI=1S/C15H17BrFNO/c1-3-18-15(12-6-10(2)19-9-12)8-11-7-13(16)4-5-14(11)17/h4-7,9,15,18H,3,8H2,1-2H3. The van der Waals surface area contributed by atoms with Gasteiger partial charge in [0, 0.05) is 16.1 Å². The van der Waals surface area contributed by atoms with Crippen LogP contribution in [0, 0.1) is 12.7 Å². The molecule has 1 heterocycles. The van der Waals surface area contributed by atoms with Gasteiger partial charge in [0.05, 0.1) is 6.26 Å². The number of halogens is 2. The highest BCUT2D eigenvalue weighted by atomic mass is 79.9. The van der Waals surface area contributed by atoms with Crippen molar-refractivity contribution in [3.05, 3.63) is 57.7 Å². The fourth-order valence-corrected chi connectivity index (χ4v) is 2.53. The number of furan rings is 1. The normalized spacial score (nSPS) is 12.6. The molecule has 19 heavy (non-hydrogen) atoms. The number of hydrogen-bond acceptors (Lipinski definition) is 2. The highest BCUT2D eigenvalue weighted by molar-refractivity contribution is 9.10. The second kappa shape index (κ2) is 6.35. The van der Waals surface area contributed by atoms with Gasteiger partial charge in [-0.1, -0.05) is 22.9 Å². The number of likely N-dealkylation sites (N-methyl/N-ethyl adjacent to an activating group) is 1. The molecule has 1 aromatic heterocycles. The molecule has 0 saturated carbocycles. The molecule has 0 spiro atoms. The van der Waals surface area contributed by atoms with Gasteiger partial charge >= 0.3 is 0 Å². The zero-order valence-corrected chi connectivity index (χ0v) is 12.6. The molecule has 0 fully saturated rings. The van der Waals surface area contributed by atoms with Crippen LogP contribution in [0.5, 0.6) is 0 Å². The minimum atomic E-state index is -0.175. The van der Waals surface area contributed by atoms with Crippen molar-refractivity contribution in [1.82, 2.24) is 5.32 Å². The van der Waals surface area contributed by atoms with Crippen LogP contribution in [0.4, 0.5) is 4.39 Å². The highest BCUT2D eigenvalue weighted by Gasteiger charge is 2.15. The average molecular weight is 326 g/mol. The maximum Gasteiger partial charge on any atom is 0.126 e. The van der Waals surface area contributed by atoms with E-state index in [0.29, 0.717) is 12.0 Å². The molecule has 0 radical (unpaired) electrons. The molecular weight excluding hydrogens is 309 g/mol. The van der Waals surface area contributed by atoms with E-state index in [9.17, 15) is 4.39 Å². The zero-order chi connectivity index (χ0) is 13.8. The quantitative estimate of drug-likeness (QED) is 0.882. The van der Waals surface area contributed by atoms with Gasteiger partial charge in [-0.3, -0.25) is 0 Å². The summed E-state index contributed by atoms with van der Waals surface area (Å²) in [5, 5.41) is 3.37. The van der Waals surface area contributed by atoms with E-state index in [-0.39, 0.29) is 11.9 Å². The SMILES string of the molecule is CCNC(Cc1cc(Br)ccc1F)c1coc(C)c1. The molecule has 2 aromatic rings. The Balaban J connectivity index is 2.23. The topological polar surface area (TPSA) is 25.2 Å². The van der Waals surface area contributed by atoms with E-state index in [0.717, 1.165) is 22.3 Å². The first-order chi connectivity index (χ1) is 9.10. The lowest BCUT2D eigenvalue weighted by molar-refractivity contribution is 0.504. The summed E-state index contributed by atoms with van der Waals surface area (Å²) in [6, 6.07) is 7.08. The fourth-order valence-electron chi connectivity index (χ4n) is 2.12. The predicted molar refractivity (Wildman–Crippen MR) is 77.7 cm³/mol. The summed E-state index contributed by atoms with van der Waals surface area (Å²) in [6.07, 6.45) is 2.33. The van der Waals surface area contributed by atoms with Gasteiger partial charge in [-0.2, -0.15) is 0 Å². The number of benzene rings is 1. The van der Waals surface area contributed by atoms with Crippen LogP contribution in [0.25, 0.3) is 0 Å². The predicted octanol–water partition coefficient (Wildman–Crippen LogP) is 4.38. The summed E-state index contributed by atoms with van der Waals surface area (Å²) >= 11 is 3.38. The van der Waals surface area contributed by atoms with E-state index < -0.39 is 0 Å². The molecule has 0 bridgehead atoms. The van der Waals surface area contributed by atoms with Crippen LogP contribution in [-0.2, 0) is 6.42 Å². The Bertz CT molecular complexity index is 553. The van der Waals surface area contributed by atoms with Gasteiger partial charge in [-0.05, 0) is 49.7 Å². The van der Waals surface area contributed by atoms with Crippen LogP contribution in [0.2, 0.25) is 0 Å². The lowest BCUT2D eigenvalue weighted by atomic mass is 10.0. The van der Waals surface area contributed by atoms with Crippen LogP contribution >= 0.6 is 15.9 Å². The van der Waals surface area contributed by atoms with Crippen molar-refractivity contribution in [2.24, 2.45) is 0 Å². The molecule has 0 aliphatic carbocycles. The minimum absolute atomic E-state index is 0.0613. The van der Waals surface area contributed by atoms with Gasteiger partial charge in [0.2, 0.25) is 0 Å². The molecule has 0 amide bonds. The summed E-state index contributed by atoms with van der Waals surface area (Å²) in [7, 11) is 0. The van der Waals surface area contributed by atoms with Crippen molar-refractivity contribution in [1.29, 1.82) is 0 Å². The maximum atomic E-state index is 13.8. The lowest BCUT2D eigenvalue weighted by Crippen LogP contribution is -2.22. The van der Waals surface area contributed by atoms with E-state index in [4.69, 9.17) is 4.42 Å². The molecule has 0 aliphatic heterocycles. The highest BCUT2D eigenvalue weighted by Crippen LogP contribution is 2.24. The molecule has 4 heteroatoms. The molecule has 102 valence electrons. The molecule has 2 rings (SSSR count). The van der Waals surface area contributed by atoms with Gasteiger partial charge in [-0.25, -0.2) is 4.39 Å². The van der Waals surface area contributed by atoms with Gasteiger partial charge in [0.25, 0.3) is 0 Å². The van der Waals surface area contributed by atoms with Crippen molar-refractivity contribution in [2.75, 3.05) is 6.54 Å². The third-order valence-electron chi connectivity index (χ3n) is 3.04. The van der Waals surface area contributed by atoms with E-state index in [2.05, 4.69) is 21.2 Å². The third kappa shape index (κ3) is 3.67. The van der Waals surface area contributed by atoms with Crippen molar-refractivity contribution < 1.29 is 8.81 Å². The van der Waals surface area contributed by atoms with E-state index >= 15 is 0 Å². The van der Waals surface area contributed by atoms with Crippen molar-refractivity contribution in [2.45, 2.75) is 26.3 Å². The maximum absolute atomic E-state index is 13.8. The first-order valence-corrected chi connectivity index (χ1v) is 7.11. The lowest BCUT2D eigenvalue weighted by Gasteiger charge is -2.17. The summed E-state index contributed by atoms with van der Waals surface area (Å²) in [4.78, 5) is 0. The van der Waals surface area contributed by atoms with Gasteiger partial charge in [-0.15, -0.1) is 0 Å². The Morgan fingerprint density at radius 3 is 2.79 bits per heavy atom. The Hall–Kier alpha value is -1.13. The first-order valence-electron chi connectivity index (χ1n) is 6.32. The number of rotatable bonds is 5. The van der Waals surface area contributed by atoms with Gasteiger partial charge < -0.3 is 9.73 Å². The molecule has 1 aromatic carbocycles. The number of nitrogens with one attached hydrogen (secondary N) is 1. The molecule has 1 unspecified atom stereocenters. The van der Waals surface area contributed by atoms with Crippen LogP contribution in [0.3, 0.4) is 0 Å². The summed E-state index contributed by atoms with van der Waals surface area (Å²) < 4.78 is 20.1. The van der Waals surface area contributed by atoms with Crippen molar-refractivity contribution in [3.8, 4) is 0 Å². The summed E-state index contributed by atoms with van der Waals surface area (Å²) in [5.41, 5.74) is 1.75. The van der Waals surface area contributed by atoms with E-state index in [1.54, 1.807) is 12.3 Å². The molecular formula is C15H17BrFNO. The third-order valence-corrected chi connectivity index (χ3v) is 3.53. The fraction of sp³-hybridized carbons (Fsp3) is 0.333. The monoisotopic (exact) mass is 325 g/mol. The molecule has 1 N–H and O–H groups in total. The van der Waals surface area contributed by atoms with Crippen molar-refractivity contribution >= 4 is 15.9 Å². The first kappa shape index (κ1) is 14.3. The molecule has 0 saturated heterocycles. The largest absolute Gasteiger partial charge is 0.469 e.